The number of aliphatic carboxylic acids is 1. The fourth-order valence-corrected chi connectivity index (χ4v) is 1.53. The summed E-state index contributed by atoms with van der Waals surface area (Å²) in [6.07, 6.45) is 1.47. The van der Waals surface area contributed by atoms with Crippen LogP contribution >= 0.6 is 0 Å². The molecule has 0 fully saturated rings. The minimum Gasteiger partial charge on any atom is -0.480 e. The second kappa shape index (κ2) is 8.10. The van der Waals surface area contributed by atoms with Gasteiger partial charge in [0, 0.05) is 19.6 Å². The van der Waals surface area contributed by atoms with E-state index in [9.17, 15) is 9.59 Å². The molecule has 0 aliphatic carbocycles. The summed E-state index contributed by atoms with van der Waals surface area (Å²) in [6, 6.07) is 0. The Morgan fingerprint density at radius 2 is 1.88 bits per heavy atom. The van der Waals surface area contributed by atoms with Gasteiger partial charge in [0.15, 0.2) is 0 Å². The van der Waals surface area contributed by atoms with Crippen molar-refractivity contribution in [3.05, 3.63) is 0 Å². The van der Waals surface area contributed by atoms with Crippen LogP contribution in [0.3, 0.4) is 0 Å². The Balaban J connectivity index is 4.46. The molecule has 1 N–H and O–H groups in total. The van der Waals surface area contributed by atoms with Crippen LogP contribution in [0.25, 0.3) is 0 Å². The van der Waals surface area contributed by atoms with E-state index in [1.807, 2.05) is 13.8 Å². The maximum atomic E-state index is 12.0. The molecule has 0 aliphatic rings. The van der Waals surface area contributed by atoms with Crippen molar-refractivity contribution in [2.75, 3.05) is 26.8 Å². The minimum atomic E-state index is -0.990. The lowest BCUT2D eigenvalue weighted by Gasteiger charge is -2.24. The lowest BCUT2D eigenvalue weighted by Crippen LogP contribution is -2.41. The number of hydrogen-bond acceptors (Lipinski definition) is 3. The summed E-state index contributed by atoms with van der Waals surface area (Å²) in [4.78, 5) is 23.9. The van der Waals surface area contributed by atoms with Crippen LogP contribution in [-0.2, 0) is 14.3 Å². The molecule has 0 atom stereocenters. The quantitative estimate of drug-likeness (QED) is 0.676. The van der Waals surface area contributed by atoms with Crippen LogP contribution < -0.4 is 0 Å². The first-order chi connectivity index (χ1) is 7.56. The van der Waals surface area contributed by atoms with Crippen LogP contribution in [0.5, 0.6) is 0 Å². The molecule has 0 rings (SSSR count). The van der Waals surface area contributed by atoms with Crippen LogP contribution in [0.2, 0.25) is 0 Å². The van der Waals surface area contributed by atoms with Gasteiger partial charge in [0.25, 0.3) is 0 Å². The third kappa shape index (κ3) is 5.11. The smallest absolute Gasteiger partial charge is 0.323 e. The molecule has 0 heterocycles. The van der Waals surface area contributed by atoms with Gasteiger partial charge in [-0.2, -0.15) is 0 Å². The molecule has 0 aliphatic heterocycles. The lowest BCUT2D eigenvalue weighted by atomic mass is 10.0. The minimum absolute atomic E-state index is 0.0868. The number of carbonyl (C=O) groups is 2. The normalized spacial score (nSPS) is 10.5. The zero-order valence-corrected chi connectivity index (χ0v) is 10.2. The Labute approximate surface area is 96.4 Å². The molecule has 0 aromatic carbocycles. The van der Waals surface area contributed by atoms with Gasteiger partial charge in [-0.15, -0.1) is 0 Å². The molecule has 0 saturated heterocycles. The van der Waals surface area contributed by atoms with Crippen molar-refractivity contribution in [1.82, 2.24) is 4.90 Å². The highest BCUT2D eigenvalue weighted by molar-refractivity contribution is 5.83. The highest BCUT2D eigenvalue weighted by Crippen LogP contribution is 2.11. The fraction of sp³-hybridized carbons (Fsp3) is 0.818. The van der Waals surface area contributed by atoms with E-state index in [1.165, 1.54) is 12.0 Å². The molecule has 0 saturated carbocycles. The molecule has 0 aromatic heterocycles. The van der Waals surface area contributed by atoms with E-state index in [4.69, 9.17) is 9.84 Å². The summed E-state index contributed by atoms with van der Waals surface area (Å²) < 4.78 is 4.86. The summed E-state index contributed by atoms with van der Waals surface area (Å²) in [5, 5.41) is 8.72. The molecule has 5 nitrogen and oxygen atoms in total. The number of rotatable bonds is 8. The number of carbonyl (C=O) groups excluding carboxylic acids is 1. The molecule has 0 aromatic rings. The number of amides is 1. The number of carboxylic acid groups (broad SMARTS) is 1. The van der Waals surface area contributed by atoms with E-state index in [1.54, 1.807) is 0 Å². The fourth-order valence-electron chi connectivity index (χ4n) is 1.53. The second-order valence-corrected chi connectivity index (χ2v) is 3.66. The van der Waals surface area contributed by atoms with Gasteiger partial charge >= 0.3 is 5.97 Å². The Morgan fingerprint density at radius 1 is 1.31 bits per heavy atom. The Kier molecular flexibility index (Phi) is 7.54. The second-order valence-electron chi connectivity index (χ2n) is 3.66. The number of ether oxygens (including phenoxy) is 1. The SMILES string of the molecule is CCC(CC)C(=O)N(CCOC)CC(=O)O. The van der Waals surface area contributed by atoms with Crippen molar-refractivity contribution in [3.63, 3.8) is 0 Å². The van der Waals surface area contributed by atoms with Crippen molar-refractivity contribution in [1.29, 1.82) is 0 Å². The molecule has 16 heavy (non-hydrogen) atoms. The molecule has 0 unspecified atom stereocenters. The molecular formula is C11H21NO4. The maximum Gasteiger partial charge on any atom is 0.323 e. The molecule has 0 spiro atoms. The molecule has 0 bridgehead atoms. The molecule has 1 amide bonds. The monoisotopic (exact) mass is 231 g/mol. The van der Waals surface area contributed by atoms with Gasteiger partial charge in [-0.1, -0.05) is 13.8 Å². The maximum absolute atomic E-state index is 12.0. The van der Waals surface area contributed by atoms with Gasteiger partial charge in [0.2, 0.25) is 5.91 Å². The average Bonchev–Trinajstić information content (AvgIpc) is 2.25. The Morgan fingerprint density at radius 3 is 2.25 bits per heavy atom. The Bertz CT molecular complexity index is 226. The predicted molar refractivity (Wildman–Crippen MR) is 60.2 cm³/mol. The first kappa shape index (κ1) is 14.9. The van der Waals surface area contributed by atoms with E-state index in [0.29, 0.717) is 13.2 Å². The van der Waals surface area contributed by atoms with Gasteiger partial charge in [0.05, 0.1) is 6.61 Å². The van der Waals surface area contributed by atoms with Crippen molar-refractivity contribution in [2.45, 2.75) is 26.7 Å². The van der Waals surface area contributed by atoms with Gasteiger partial charge in [0.1, 0.15) is 6.54 Å². The Hall–Kier alpha value is -1.10. The van der Waals surface area contributed by atoms with E-state index < -0.39 is 5.97 Å². The largest absolute Gasteiger partial charge is 0.480 e. The van der Waals surface area contributed by atoms with Gasteiger partial charge < -0.3 is 14.7 Å². The van der Waals surface area contributed by atoms with Crippen LogP contribution in [0.4, 0.5) is 0 Å². The zero-order chi connectivity index (χ0) is 12.6. The van der Waals surface area contributed by atoms with Crippen molar-refractivity contribution in [2.24, 2.45) is 5.92 Å². The summed E-state index contributed by atoms with van der Waals surface area (Å²) in [5.74, 6) is -1.17. The van der Waals surface area contributed by atoms with Crippen molar-refractivity contribution in [3.8, 4) is 0 Å². The number of hydrogen-bond donors (Lipinski definition) is 1. The number of nitrogens with zero attached hydrogens (tertiary/aromatic N) is 1. The summed E-state index contributed by atoms with van der Waals surface area (Å²) in [7, 11) is 1.53. The molecule has 0 radical (unpaired) electrons. The first-order valence-electron chi connectivity index (χ1n) is 5.56. The van der Waals surface area contributed by atoms with Gasteiger partial charge in [-0.25, -0.2) is 0 Å². The summed E-state index contributed by atoms with van der Waals surface area (Å²) in [5.41, 5.74) is 0. The third-order valence-electron chi connectivity index (χ3n) is 2.54. The van der Waals surface area contributed by atoms with E-state index >= 15 is 0 Å². The van der Waals surface area contributed by atoms with Crippen LogP contribution in [0, 0.1) is 5.92 Å². The standard InChI is InChI=1S/C11H21NO4/c1-4-9(5-2)11(15)12(6-7-16-3)8-10(13)14/h9H,4-8H2,1-3H3,(H,13,14). The van der Waals surface area contributed by atoms with Crippen molar-refractivity contribution < 1.29 is 19.4 Å². The van der Waals surface area contributed by atoms with Gasteiger partial charge in [-0.3, -0.25) is 9.59 Å². The highest BCUT2D eigenvalue weighted by Gasteiger charge is 2.22. The van der Waals surface area contributed by atoms with E-state index in [2.05, 4.69) is 0 Å². The predicted octanol–water partition coefficient (Wildman–Crippen LogP) is 0.982. The molecule has 5 heteroatoms. The summed E-state index contributed by atoms with van der Waals surface area (Å²) in [6.45, 7) is 4.30. The average molecular weight is 231 g/mol. The van der Waals surface area contributed by atoms with E-state index in [-0.39, 0.29) is 18.4 Å². The van der Waals surface area contributed by atoms with E-state index in [0.717, 1.165) is 12.8 Å². The molecule has 94 valence electrons. The van der Waals surface area contributed by atoms with Crippen LogP contribution in [0.15, 0.2) is 0 Å². The highest BCUT2D eigenvalue weighted by atomic mass is 16.5. The summed E-state index contributed by atoms with van der Waals surface area (Å²) >= 11 is 0. The lowest BCUT2D eigenvalue weighted by molar-refractivity contribution is -0.146. The van der Waals surface area contributed by atoms with Gasteiger partial charge in [-0.05, 0) is 12.8 Å². The van der Waals surface area contributed by atoms with Crippen LogP contribution in [0.1, 0.15) is 26.7 Å². The zero-order valence-electron chi connectivity index (χ0n) is 10.2. The topological polar surface area (TPSA) is 66.8 Å². The number of carboxylic acids is 1. The number of methoxy groups -OCH3 is 1. The van der Waals surface area contributed by atoms with Crippen LogP contribution in [-0.4, -0.2) is 48.7 Å². The van der Waals surface area contributed by atoms with Crippen molar-refractivity contribution >= 4 is 11.9 Å². The first-order valence-corrected chi connectivity index (χ1v) is 5.56. The third-order valence-corrected chi connectivity index (χ3v) is 2.54. The molecular weight excluding hydrogens is 210 g/mol.